The molecule has 0 bridgehead atoms. The fourth-order valence-corrected chi connectivity index (χ4v) is 7.98. The van der Waals surface area contributed by atoms with E-state index in [0.29, 0.717) is 49.7 Å². The molecule has 4 aromatic rings. The normalized spacial score (nSPS) is 22.8. The number of benzene rings is 1. The number of fused-ring (bicyclic) bond motifs is 4. The van der Waals surface area contributed by atoms with E-state index < -0.39 is 35.2 Å². The number of alkyl halides is 3. The number of amides is 2. The minimum absolute atomic E-state index is 0.00981. The summed E-state index contributed by atoms with van der Waals surface area (Å²) in [5, 5.41) is 17.6. The first-order chi connectivity index (χ1) is 24.8. The van der Waals surface area contributed by atoms with Crippen molar-refractivity contribution in [3.05, 3.63) is 74.4 Å². The summed E-state index contributed by atoms with van der Waals surface area (Å²) >= 11 is 6.21. The van der Waals surface area contributed by atoms with Crippen LogP contribution in [-0.2, 0) is 15.7 Å². The number of anilines is 2. The van der Waals surface area contributed by atoms with E-state index in [4.69, 9.17) is 21.3 Å². The Labute approximate surface area is 298 Å². The van der Waals surface area contributed by atoms with Crippen LogP contribution in [-0.4, -0.2) is 89.3 Å². The molecule has 4 unspecified atom stereocenters. The monoisotopic (exact) mass is 739 g/mol. The first kappa shape index (κ1) is 34.1. The molecule has 2 N–H and O–H groups in total. The number of hydrogen-bond donors (Lipinski definition) is 2. The highest BCUT2D eigenvalue weighted by Gasteiger charge is 2.49. The van der Waals surface area contributed by atoms with Gasteiger partial charge in [0.05, 0.1) is 46.9 Å². The molecule has 52 heavy (non-hydrogen) atoms. The number of aryl methyl sites for hydroxylation is 1. The molecule has 8 rings (SSSR count). The number of aromatic nitrogens is 6. The maximum atomic E-state index is 14.6. The van der Waals surface area contributed by atoms with Crippen LogP contribution in [0, 0.1) is 6.92 Å². The van der Waals surface area contributed by atoms with Crippen molar-refractivity contribution in [2.75, 3.05) is 36.5 Å². The van der Waals surface area contributed by atoms with Crippen molar-refractivity contribution in [3.63, 3.8) is 0 Å². The molecule has 0 spiro atoms. The maximum Gasteiger partial charge on any atom is 0.416 e. The molecule has 1 aromatic carbocycles. The molecule has 1 aliphatic carbocycles. The smallest absolute Gasteiger partial charge is 0.416 e. The number of nitrogens with one attached hydrogen (secondary N) is 1. The number of nitrogens with zero attached hydrogens (tertiary/aromatic N) is 8. The molecule has 3 aliphatic heterocycles. The van der Waals surface area contributed by atoms with E-state index in [9.17, 15) is 32.7 Å². The number of carbonyl (C=O) groups is 2. The average Bonchev–Trinajstić information content (AvgIpc) is 3.69. The summed E-state index contributed by atoms with van der Waals surface area (Å²) in [5.41, 5.74) is 0.573. The lowest BCUT2D eigenvalue weighted by Crippen LogP contribution is -2.67. The van der Waals surface area contributed by atoms with Gasteiger partial charge in [0.1, 0.15) is 18.1 Å². The van der Waals surface area contributed by atoms with Crippen molar-refractivity contribution in [2.24, 2.45) is 0 Å². The van der Waals surface area contributed by atoms with Crippen LogP contribution in [0.5, 0.6) is 5.75 Å². The van der Waals surface area contributed by atoms with Crippen LogP contribution in [0.3, 0.4) is 0 Å². The Morgan fingerprint density at radius 2 is 1.92 bits per heavy atom. The lowest BCUT2D eigenvalue weighted by Gasteiger charge is -2.54. The molecule has 3 aromatic heterocycles. The number of halogens is 4. The minimum Gasteiger partial charge on any atom is -0.504 e. The molecule has 0 radical (unpaired) electrons. The van der Waals surface area contributed by atoms with Crippen molar-refractivity contribution in [3.8, 4) is 5.75 Å². The van der Waals surface area contributed by atoms with E-state index in [2.05, 4.69) is 20.4 Å². The van der Waals surface area contributed by atoms with E-state index in [1.54, 1.807) is 16.4 Å². The third-order valence-electron chi connectivity index (χ3n) is 10.5. The molecular formula is C34H33ClF3N9O5. The zero-order valence-corrected chi connectivity index (χ0v) is 28.8. The third-order valence-corrected chi connectivity index (χ3v) is 10.8. The van der Waals surface area contributed by atoms with E-state index in [1.165, 1.54) is 10.8 Å². The van der Waals surface area contributed by atoms with Gasteiger partial charge in [-0.15, -0.1) is 5.10 Å². The summed E-state index contributed by atoms with van der Waals surface area (Å²) in [6, 6.07) is 1.28. The van der Waals surface area contributed by atoms with E-state index in [-0.39, 0.29) is 71.1 Å². The number of ether oxygens (including phenoxy) is 1. The van der Waals surface area contributed by atoms with Gasteiger partial charge in [-0.05, 0) is 56.4 Å². The van der Waals surface area contributed by atoms with Crippen LogP contribution in [0.1, 0.15) is 77.8 Å². The van der Waals surface area contributed by atoms with E-state index in [0.717, 1.165) is 23.8 Å². The predicted molar refractivity (Wildman–Crippen MR) is 181 cm³/mol. The Hall–Kier alpha value is -5.03. The van der Waals surface area contributed by atoms with Gasteiger partial charge in [0.15, 0.2) is 17.3 Å². The zero-order valence-electron chi connectivity index (χ0n) is 28.0. The van der Waals surface area contributed by atoms with Crippen molar-refractivity contribution in [1.82, 2.24) is 34.0 Å². The van der Waals surface area contributed by atoms with Gasteiger partial charge in [-0.3, -0.25) is 19.0 Å². The second-order valence-corrected chi connectivity index (χ2v) is 13.9. The average molecular weight is 740 g/mol. The summed E-state index contributed by atoms with van der Waals surface area (Å²) in [6.07, 6.45) is 0.604. The summed E-state index contributed by atoms with van der Waals surface area (Å²) in [5.74, 6) is -1.09. The lowest BCUT2D eigenvalue weighted by molar-refractivity contribution is -0.137. The molecule has 4 aliphatic rings. The largest absolute Gasteiger partial charge is 0.504 e. The molecule has 2 fully saturated rings. The first-order valence-corrected chi connectivity index (χ1v) is 17.3. The van der Waals surface area contributed by atoms with Gasteiger partial charge >= 0.3 is 6.18 Å². The Morgan fingerprint density at radius 3 is 2.62 bits per heavy atom. The highest BCUT2D eigenvalue weighted by Crippen LogP contribution is 2.45. The number of carbonyl (C=O) groups excluding carboxylic acids is 2. The van der Waals surface area contributed by atoms with Crippen LogP contribution in [0.2, 0.25) is 5.02 Å². The van der Waals surface area contributed by atoms with Gasteiger partial charge in [0, 0.05) is 25.0 Å². The van der Waals surface area contributed by atoms with Crippen molar-refractivity contribution < 1.29 is 32.6 Å². The molecular weight excluding hydrogens is 707 g/mol. The van der Waals surface area contributed by atoms with Gasteiger partial charge in [0.2, 0.25) is 11.7 Å². The van der Waals surface area contributed by atoms with Crippen molar-refractivity contribution in [1.29, 1.82) is 0 Å². The number of rotatable bonds is 5. The van der Waals surface area contributed by atoms with Crippen molar-refractivity contribution >= 4 is 46.1 Å². The minimum atomic E-state index is -4.61. The zero-order chi connectivity index (χ0) is 36.6. The van der Waals surface area contributed by atoms with Gasteiger partial charge in [-0.1, -0.05) is 24.6 Å². The molecule has 14 nitrogen and oxygen atoms in total. The number of hydrogen-bond acceptors (Lipinski definition) is 10. The molecule has 1 saturated heterocycles. The molecule has 272 valence electrons. The fraction of sp³-hybridized carbons (Fsp3) is 0.441. The summed E-state index contributed by atoms with van der Waals surface area (Å²) in [4.78, 5) is 58.7. The predicted octanol–water partition coefficient (Wildman–Crippen LogP) is 4.35. The summed E-state index contributed by atoms with van der Waals surface area (Å²) in [6.45, 7) is 4.82. The van der Waals surface area contributed by atoms with Crippen LogP contribution >= 0.6 is 11.6 Å². The van der Waals surface area contributed by atoms with Gasteiger partial charge in [-0.2, -0.15) is 22.7 Å². The quantitative estimate of drug-likeness (QED) is 0.301. The van der Waals surface area contributed by atoms with Crippen LogP contribution in [0.25, 0.3) is 11.4 Å². The van der Waals surface area contributed by atoms with E-state index >= 15 is 0 Å². The highest BCUT2D eigenvalue weighted by atomic mass is 35.5. The SMILES string of the molecule is Cc1ncnc(C(=O)N2CCN(c3c4n(c5nc(C6=CCOCC6)nn5c3=O)C(C(=O)Nc3ccc(C(F)(F)F)cc3Cl)CC4C)C3CCC32)c1O. The first-order valence-electron chi connectivity index (χ1n) is 16.9. The van der Waals surface area contributed by atoms with Gasteiger partial charge < -0.3 is 25.0 Å². The Bertz CT molecular complexity index is 2240. The Balaban J connectivity index is 1.20. The molecule has 18 heteroatoms. The number of aromatic hydroxyl groups is 1. The van der Waals surface area contributed by atoms with Crippen LogP contribution < -0.4 is 15.8 Å². The highest BCUT2D eigenvalue weighted by molar-refractivity contribution is 6.33. The van der Waals surface area contributed by atoms with Gasteiger partial charge in [0.25, 0.3) is 11.5 Å². The summed E-state index contributed by atoms with van der Waals surface area (Å²) in [7, 11) is 0. The standard InChI is InChI=1S/C34H33ClF3N9O5/c1-16-13-24(30(49)41-21-4-3-19(14-20(21)35)34(36,37)38)46-26(16)27(32(51)47-33(46)42-29(43-47)18-7-11-52-12-8-18)44-9-10-45(23-6-5-22(23)44)31(50)25-28(48)17(2)39-15-40-25/h3-4,7,14-16,22-24,48H,5-6,8-13H2,1-2H3,(H,41,49). The maximum absolute atomic E-state index is 14.6. The lowest BCUT2D eigenvalue weighted by atomic mass is 9.81. The topological polar surface area (TPSA) is 160 Å². The van der Waals surface area contributed by atoms with Crippen LogP contribution in [0.15, 0.2) is 35.4 Å². The molecule has 4 atom stereocenters. The fourth-order valence-electron chi connectivity index (χ4n) is 7.76. The Kier molecular flexibility index (Phi) is 8.24. The molecule has 1 saturated carbocycles. The van der Waals surface area contributed by atoms with Crippen LogP contribution in [0.4, 0.5) is 24.5 Å². The van der Waals surface area contributed by atoms with E-state index in [1.807, 2.05) is 17.9 Å². The Morgan fingerprint density at radius 1 is 1.13 bits per heavy atom. The van der Waals surface area contributed by atoms with Crippen molar-refractivity contribution in [2.45, 2.75) is 69.8 Å². The second kappa shape index (κ2) is 12.6. The third kappa shape index (κ3) is 5.48. The summed E-state index contributed by atoms with van der Waals surface area (Å²) < 4.78 is 48.3. The van der Waals surface area contributed by atoms with Gasteiger partial charge in [-0.25, -0.2) is 9.97 Å². The number of piperazine rings is 1. The second-order valence-electron chi connectivity index (χ2n) is 13.5. The molecule has 6 heterocycles. The molecule has 2 amide bonds.